The normalized spacial score (nSPS) is 18.8. The maximum atomic E-state index is 5.88. The predicted molar refractivity (Wildman–Crippen MR) is 82.0 cm³/mol. The van der Waals surface area contributed by atoms with Gasteiger partial charge in [0, 0.05) is 12.6 Å². The van der Waals surface area contributed by atoms with E-state index in [0.29, 0.717) is 6.61 Å². The molecule has 1 aliphatic heterocycles. The lowest BCUT2D eigenvalue weighted by Gasteiger charge is -2.24. The number of benzene rings is 1. The van der Waals surface area contributed by atoms with E-state index >= 15 is 0 Å². The molecule has 1 saturated heterocycles. The Kier molecular flexibility index (Phi) is 3.86. The highest BCUT2D eigenvalue weighted by atomic mass is 127. The summed E-state index contributed by atoms with van der Waals surface area (Å²) in [4.78, 5) is 14.0. The van der Waals surface area contributed by atoms with Crippen LogP contribution < -0.4 is 5.06 Å². The summed E-state index contributed by atoms with van der Waals surface area (Å²) in [6.07, 6.45) is 2.64. The Morgan fingerprint density at radius 3 is 2.89 bits per heavy atom. The molecular formula is C13H11ClIN3O. The molecule has 4 nitrogen and oxygen atoms in total. The summed E-state index contributed by atoms with van der Waals surface area (Å²) in [6.45, 7) is 0.678. The quantitative estimate of drug-likeness (QED) is 0.583. The molecule has 1 aliphatic rings. The second-order valence-electron chi connectivity index (χ2n) is 4.18. The van der Waals surface area contributed by atoms with Crippen LogP contribution in [0.15, 0.2) is 36.5 Å². The van der Waals surface area contributed by atoms with Gasteiger partial charge in [-0.2, -0.15) is 4.98 Å². The van der Waals surface area contributed by atoms with Crippen molar-refractivity contribution in [1.82, 2.24) is 9.97 Å². The van der Waals surface area contributed by atoms with Gasteiger partial charge in [0.2, 0.25) is 5.28 Å². The van der Waals surface area contributed by atoms with Crippen molar-refractivity contribution in [3.63, 3.8) is 0 Å². The molecule has 0 amide bonds. The van der Waals surface area contributed by atoms with Crippen LogP contribution in [0, 0.1) is 3.57 Å². The molecule has 98 valence electrons. The van der Waals surface area contributed by atoms with Gasteiger partial charge in [0.05, 0.1) is 16.2 Å². The molecule has 2 heterocycles. The summed E-state index contributed by atoms with van der Waals surface area (Å²) in [7, 11) is 0. The van der Waals surface area contributed by atoms with E-state index in [2.05, 4.69) is 44.7 Å². The first-order chi connectivity index (χ1) is 9.25. The molecule has 1 fully saturated rings. The van der Waals surface area contributed by atoms with Crippen LogP contribution in [0.3, 0.4) is 0 Å². The van der Waals surface area contributed by atoms with Crippen LogP contribution in [0.5, 0.6) is 0 Å². The van der Waals surface area contributed by atoms with Crippen molar-refractivity contribution < 1.29 is 4.84 Å². The van der Waals surface area contributed by atoms with Gasteiger partial charge in [-0.1, -0.05) is 30.3 Å². The fourth-order valence-electron chi connectivity index (χ4n) is 2.15. The minimum Gasteiger partial charge on any atom is -0.271 e. The highest BCUT2D eigenvalue weighted by molar-refractivity contribution is 14.1. The predicted octanol–water partition coefficient (Wildman–Crippen LogP) is 3.62. The van der Waals surface area contributed by atoms with Gasteiger partial charge in [-0.15, -0.1) is 0 Å². The Labute approximate surface area is 129 Å². The molecular weight excluding hydrogens is 377 g/mol. The number of rotatable bonds is 2. The molecule has 1 aromatic heterocycles. The summed E-state index contributed by atoms with van der Waals surface area (Å²) in [5.41, 5.74) is 1.21. The average molecular weight is 388 g/mol. The van der Waals surface area contributed by atoms with Gasteiger partial charge in [-0.3, -0.25) is 4.84 Å². The van der Waals surface area contributed by atoms with E-state index < -0.39 is 0 Å². The minimum absolute atomic E-state index is 0.167. The van der Waals surface area contributed by atoms with Crippen molar-refractivity contribution in [2.75, 3.05) is 11.7 Å². The molecule has 0 saturated carbocycles. The third-order valence-corrected chi connectivity index (χ3v) is 3.94. The second kappa shape index (κ2) is 5.60. The van der Waals surface area contributed by atoms with Gasteiger partial charge in [-0.05, 0) is 39.8 Å². The third-order valence-electron chi connectivity index (χ3n) is 2.99. The largest absolute Gasteiger partial charge is 0.271 e. The zero-order chi connectivity index (χ0) is 13.2. The van der Waals surface area contributed by atoms with Crippen molar-refractivity contribution in [1.29, 1.82) is 0 Å². The summed E-state index contributed by atoms with van der Waals surface area (Å²) >= 11 is 8.07. The number of nitrogens with zero attached hydrogens (tertiary/aromatic N) is 3. The second-order valence-corrected chi connectivity index (χ2v) is 5.69. The molecule has 19 heavy (non-hydrogen) atoms. The zero-order valence-corrected chi connectivity index (χ0v) is 12.9. The van der Waals surface area contributed by atoms with Crippen LogP contribution >= 0.6 is 34.2 Å². The molecule has 0 aliphatic carbocycles. The van der Waals surface area contributed by atoms with E-state index in [0.717, 1.165) is 15.8 Å². The van der Waals surface area contributed by atoms with Gasteiger partial charge >= 0.3 is 0 Å². The minimum atomic E-state index is 0.167. The molecule has 3 rings (SSSR count). The van der Waals surface area contributed by atoms with Crippen LogP contribution in [0.2, 0.25) is 5.28 Å². The Morgan fingerprint density at radius 2 is 2.11 bits per heavy atom. The SMILES string of the molecule is Clc1ncc(I)c(N2OCC[C@H]2c2ccccc2)n1. The van der Waals surface area contributed by atoms with Crippen LogP contribution in [-0.2, 0) is 4.84 Å². The van der Waals surface area contributed by atoms with E-state index in [-0.39, 0.29) is 11.3 Å². The standard InChI is InChI=1S/C13H11ClIN3O/c14-13-16-8-10(15)12(17-13)18-11(6-7-19-18)9-4-2-1-3-5-9/h1-5,8,11H,6-7H2/t11-/m0/s1. The molecule has 0 N–H and O–H groups in total. The molecule has 0 bridgehead atoms. The van der Waals surface area contributed by atoms with E-state index in [1.165, 1.54) is 5.56 Å². The monoisotopic (exact) mass is 387 g/mol. The number of hydroxylamine groups is 1. The summed E-state index contributed by atoms with van der Waals surface area (Å²) in [5, 5.41) is 2.07. The van der Waals surface area contributed by atoms with Gasteiger partial charge in [0.1, 0.15) is 0 Å². The van der Waals surface area contributed by atoms with E-state index in [9.17, 15) is 0 Å². The number of hydrogen-bond donors (Lipinski definition) is 0. The highest BCUT2D eigenvalue weighted by Gasteiger charge is 2.30. The maximum absolute atomic E-state index is 5.88. The Hall–Kier alpha value is -0.920. The number of halogens is 2. The van der Waals surface area contributed by atoms with Crippen molar-refractivity contribution in [3.05, 3.63) is 50.9 Å². The first kappa shape index (κ1) is 13.1. The number of hydrogen-bond acceptors (Lipinski definition) is 4. The Balaban J connectivity index is 1.97. The summed E-state index contributed by atoms with van der Waals surface area (Å²) in [5.74, 6) is 0.729. The third kappa shape index (κ3) is 2.68. The van der Waals surface area contributed by atoms with E-state index in [1.54, 1.807) is 6.20 Å². The first-order valence-corrected chi connectivity index (χ1v) is 7.36. The lowest BCUT2D eigenvalue weighted by Crippen LogP contribution is -2.23. The summed E-state index contributed by atoms with van der Waals surface area (Å²) in [6, 6.07) is 10.4. The fraction of sp³-hybridized carbons (Fsp3) is 0.231. The molecule has 0 unspecified atom stereocenters. The Morgan fingerprint density at radius 1 is 1.32 bits per heavy atom. The van der Waals surface area contributed by atoms with E-state index in [1.807, 2.05) is 23.3 Å². The van der Waals surface area contributed by atoms with Crippen LogP contribution in [0.4, 0.5) is 5.82 Å². The van der Waals surface area contributed by atoms with Crippen molar-refractivity contribution >= 4 is 40.0 Å². The average Bonchev–Trinajstić information content (AvgIpc) is 2.91. The molecule has 6 heteroatoms. The number of anilines is 1. The van der Waals surface area contributed by atoms with Crippen molar-refractivity contribution in [2.45, 2.75) is 12.5 Å². The lowest BCUT2D eigenvalue weighted by molar-refractivity contribution is 0.156. The van der Waals surface area contributed by atoms with Crippen LogP contribution in [0.1, 0.15) is 18.0 Å². The van der Waals surface area contributed by atoms with Crippen molar-refractivity contribution in [2.24, 2.45) is 0 Å². The summed E-state index contributed by atoms with van der Waals surface area (Å²) < 4.78 is 0.921. The van der Waals surface area contributed by atoms with E-state index in [4.69, 9.17) is 16.4 Å². The molecule has 1 aromatic carbocycles. The molecule has 1 atom stereocenters. The Bertz CT molecular complexity index is 581. The first-order valence-electron chi connectivity index (χ1n) is 5.91. The molecule has 0 spiro atoms. The van der Waals surface area contributed by atoms with Crippen molar-refractivity contribution in [3.8, 4) is 0 Å². The topological polar surface area (TPSA) is 38.2 Å². The number of aromatic nitrogens is 2. The van der Waals surface area contributed by atoms with Gasteiger partial charge < -0.3 is 0 Å². The lowest BCUT2D eigenvalue weighted by atomic mass is 10.0. The van der Waals surface area contributed by atoms with Crippen LogP contribution in [0.25, 0.3) is 0 Å². The maximum Gasteiger partial charge on any atom is 0.224 e. The highest BCUT2D eigenvalue weighted by Crippen LogP contribution is 2.35. The molecule has 2 aromatic rings. The fourth-order valence-corrected chi connectivity index (χ4v) is 2.77. The van der Waals surface area contributed by atoms with Gasteiger partial charge in [0.15, 0.2) is 5.82 Å². The van der Waals surface area contributed by atoms with Crippen LogP contribution in [-0.4, -0.2) is 16.6 Å². The van der Waals surface area contributed by atoms with Gasteiger partial charge in [0.25, 0.3) is 0 Å². The van der Waals surface area contributed by atoms with Gasteiger partial charge in [-0.25, -0.2) is 10.0 Å². The zero-order valence-electron chi connectivity index (χ0n) is 9.96. The smallest absolute Gasteiger partial charge is 0.224 e. The molecule has 0 radical (unpaired) electrons.